The fourth-order valence-electron chi connectivity index (χ4n) is 2.41. The Bertz CT molecular complexity index is 453. The van der Waals surface area contributed by atoms with Crippen LogP contribution >= 0.6 is 0 Å². The molecule has 0 aliphatic heterocycles. The van der Waals surface area contributed by atoms with Crippen LogP contribution in [0.5, 0.6) is 0 Å². The summed E-state index contributed by atoms with van der Waals surface area (Å²) in [5.74, 6) is 0.298. The minimum Gasteiger partial charge on any atom is -0.393 e. The van der Waals surface area contributed by atoms with Crippen LogP contribution in [0.15, 0.2) is 35.2 Å². The summed E-state index contributed by atoms with van der Waals surface area (Å²) < 4.78 is 24.0. The second kappa shape index (κ2) is 5.19. The van der Waals surface area contributed by atoms with Gasteiger partial charge in [0.2, 0.25) is 0 Å². The molecule has 1 aromatic carbocycles. The van der Waals surface area contributed by atoms with Gasteiger partial charge in [0.05, 0.1) is 16.8 Å². The van der Waals surface area contributed by atoms with Gasteiger partial charge in [0.25, 0.3) is 0 Å². The smallest absolute Gasteiger partial charge is 0.178 e. The fourth-order valence-corrected chi connectivity index (χ4v) is 3.83. The van der Waals surface area contributed by atoms with Crippen molar-refractivity contribution in [3.05, 3.63) is 30.3 Å². The van der Waals surface area contributed by atoms with Crippen LogP contribution in [0.3, 0.4) is 0 Å². The molecule has 2 atom stereocenters. The maximum absolute atomic E-state index is 12.0. The van der Waals surface area contributed by atoms with Crippen LogP contribution in [0, 0.1) is 5.92 Å². The standard InChI is InChI=1S/C13H18O3S/c14-13-8-4-5-11(13)9-10-17(15,16)12-6-2-1-3-7-12/h1-3,6-7,11,13-14H,4-5,8-10H2/t11-,13-/m0/s1. The Balaban J connectivity index is 1.99. The number of aliphatic hydroxyl groups excluding tert-OH is 1. The lowest BCUT2D eigenvalue weighted by molar-refractivity contribution is 0.131. The summed E-state index contributed by atoms with van der Waals surface area (Å²) in [6.45, 7) is 0. The summed E-state index contributed by atoms with van der Waals surface area (Å²) in [6.07, 6.45) is 3.04. The zero-order valence-electron chi connectivity index (χ0n) is 9.75. The highest BCUT2D eigenvalue weighted by Gasteiger charge is 2.27. The Morgan fingerprint density at radius 1 is 1.18 bits per heavy atom. The third-order valence-corrected chi connectivity index (χ3v) is 5.24. The molecule has 17 heavy (non-hydrogen) atoms. The van der Waals surface area contributed by atoms with Crippen molar-refractivity contribution in [2.75, 3.05) is 5.75 Å². The zero-order chi connectivity index (χ0) is 12.3. The third kappa shape index (κ3) is 3.07. The van der Waals surface area contributed by atoms with Crippen molar-refractivity contribution in [1.82, 2.24) is 0 Å². The van der Waals surface area contributed by atoms with E-state index in [0.29, 0.717) is 11.3 Å². The van der Waals surface area contributed by atoms with Crippen molar-refractivity contribution < 1.29 is 13.5 Å². The molecule has 0 saturated heterocycles. The predicted molar refractivity (Wildman–Crippen MR) is 66.5 cm³/mol. The van der Waals surface area contributed by atoms with Crippen LogP contribution in [0.2, 0.25) is 0 Å². The van der Waals surface area contributed by atoms with Crippen LogP contribution < -0.4 is 0 Å². The quantitative estimate of drug-likeness (QED) is 0.894. The molecule has 94 valence electrons. The molecular weight excluding hydrogens is 236 g/mol. The van der Waals surface area contributed by atoms with E-state index in [4.69, 9.17) is 0 Å². The Morgan fingerprint density at radius 2 is 1.88 bits per heavy atom. The number of hydrogen-bond donors (Lipinski definition) is 1. The number of hydrogen-bond acceptors (Lipinski definition) is 3. The maximum atomic E-state index is 12.0. The molecule has 0 bridgehead atoms. The summed E-state index contributed by atoms with van der Waals surface area (Å²) >= 11 is 0. The molecule has 3 nitrogen and oxygen atoms in total. The average Bonchev–Trinajstić information content (AvgIpc) is 2.74. The highest BCUT2D eigenvalue weighted by Crippen LogP contribution is 2.29. The van der Waals surface area contributed by atoms with E-state index in [1.807, 2.05) is 0 Å². The van der Waals surface area contributed by atoms with E-state index in [-0.39, 0.29) is 17.8 Å². The molecule has 0 spiro atoms. The highest BCUT2D eigenvalue weighted by atomic mass is 32.2. The first-order valence-electron chi connectivity index (χ1n) is 6.05. The van der Waals surface area contributed by atoms with Gasteiger partial charge in [0.15, 0.2) is 9.84 Å². The molecule has 4 heteroatoms. The summed E-state index contributed by atoms with van der Waals surface area (Å²) in [4.78, 5) is 0.382. The molecule has 2 rings (SSSR count). The minimum absolute atomic E-state index is 0.138. The Labute approximate surface area is 102 Å². The lowest BCUT2D eigenvalue weighted by Crippen LogP contribution is -2.17. The van der Waals surface area contributed by atoms with Gasteiger partial charge in [-0.25, -0.2) is 8.42 Å². The van der Waals surface area contributed by atoms with Crippen molar-refractivity contribution >= 4 is 9.84 Å². The first-order chi connectivity index (χ1) is 8.09. The summed E-state index contributed by atoms with van der Waals surface area (Å²) in [6, 6.07) is 8.52. The van der Waals surface area contributed by atoms with Gasteiger partial charge in [-0.2, -0.15) is 0 Å². The van der Waals surface area contributed by atoms with Crippen LogP contribution in [-0.4, -0.2) is 25.4 Å². The van der Waals surface area contributed by atoms with E-state index in [9.17, 15) is 13.5 Å². The number of rotatable bonds is 4. The van der Waals surface area contributed by atoms with Gasteiger partial charge in [0, 0.05) is 0 Å². The number of benzene rings is 1. The number of aliphatic hydroxyl groups is 1. The van der Waals surface area contributed by atoms with Crippen molar-refractivity contribution in [3.63, 3.8) is 0 Å². The van der Waals surface area contributed by atoms with Gasteiger partial charge in [-0.05, 0) is 37.3 Å². The van der Waals surface area contributed by atoms with Gasteiger partial charge < -0.3 is 5.11 Å². The minimum atomic E-state index is -3.18. The van der Waals surface area contributed by atoms with Crippen molar-refractivity contribution in [2.24, 2.45) is 5.92 Å². The van der Waals surface area contributed by atoms with E-state index < -0.39 is 9.84 Å². The van der Waals surface area contributed by atoms with Crippen molar-refractivity contribution in [1.29, 1.82) is 0 Å². The molecule has 1 N–H and O–H groups in total. The van der Waals surface area contributed by atoms with Gasteiger partial charge in [0.1, 0.15) is 0 Å². The normalized spacial score (nSPS) is 25.0. The van der Waals surface area contributed by atoms with Crippen LogP contribution in [0.4, 0.5) is 0 Å². The molecule has 0 radical (unpaired) electrons. The van der Waals surface area contributed by atoms with Crippen LogP contribution in [-0.2, 0) is 9.84 Å². The molecule has 1 aromatic rings. The van der Waals surface area contributed by atoms with E-state index >= 15 is 0 Å². The molecule has 0 heterocycles. The fraction of sp³-hybridized carbons (Fsp3) is 0.538. The molecule has 0 unspecified atom stereocenters. The largest absolute Gasteiger partial charge is 0.393 e. The third-order valence-electron chi connectivity index (χ3n) is 3.48. The molecule has 1 saturated carbocycles. The lowest BCUT2D eigenvalue weighted by Gasteiger charge is -2.14. The predicted octanol–water partition coefficient (Wildman–Crippen LogP) is 2.01. The SMILES string of the molecule is O=S(=O)(CC[C@@H]1CCC[C@@H]1O)c1ccccc1. The van der Waals surface area contributed by atoms with Gasteiger partial charge in [-0.15, -0.1) is 0 Å². The molecular formula is C13H18O3S. The second-order valence-electron chi connectivity index (χ2n) is 4.68. The molecule has 1 aliphatic rings. The topological polar surface area (TPSA) is 54.4 Å². The Kier molecular flexibility index (Phi) is 3.84. The van der Waals surface area contributed by atoms with E-state index in [2.05, 4.69) is 0 Å². The Morgan fingerprint density at radius 3 is 2.47 bits per heavy atom. The highest BCUT2D eigenvalue weighted by molar-refractivity contribution is 7.91. The second-order valence-corrected chi connectivity index (χ2v) is 6.79. The van der Waals surface area contributed by atoms with Gasteiger partial charge >= 0.3 is 0 Å². The number of sulfone groups is 1. The Hall–Kier alpha value is -0.870. The lowest BCUT2D eigenvalue weighted by atomic mass is 10.0. The van der Waals surface area contributed by atoms with E-state index in [1.54, 1.807) is 30.3 Å². The van der Waals surface area contributed by atoms with Crippen molar-refractivity contribution in [2.45, 2.75) is 36.7 Å². The average molecular weight is 254 g/mol. The monoisotopic (exact) mass is 254 g/mol. The van der Waals surface area contributed by atoms with Crippen LogP contribution in [0.25, 0.3) is 0 Å². The van der Waals surface area contributed by atoms with Gasteiger partial charge in [-0.3, -0.25) is 0 Å². The maximum Gasteiger partial charge on any atom is 0.178 e. The van der Waals surface area contributed by atoms with Crippen molar-refractivity contribution in [3.8, 4) is 0 Å². The van der Waals surface area contributed by atoms with E-state index in [1.165, 1.54) is 0 Å². The van der Waals surface area contributed by atoms with Crippen LogP contribution in [0.1, 0.15) is 25.7 Å². The first-order valence-corrected chi connectivity index (χ1v) is 7.71. The molecule has 1 aliphatic carbocycles. The first kappa shape index (κ1) is 12.6. The molecule has 0 amide bonds. The zero-order valence-corrected chi connectivity index (χ0v) is 10.6. The summed E-state index contributed by atoms with van der Waals surface area (Å²) in [5.41, 5.74) is 0. The van der Waals surface area contributed by atoms with E-state index in [0.717, 1.165) is 19.3 Å². The summed E-state index contributed by atoms with van der Waals surface area (Å²) in [7, 11) is -3.18. The van der Waals surface area contributed by atoms with Gasteiger partial charge in [-0.1, -0.05) is 24.6 Å². The molecule has 0 aromatic heterocycles. The molecule has 1 fully saturated rings. The summed E-state index contributed by atoms with van der Waals surface area (Å²) in [5, 5.41) is 9.66.